The van der Waals surface area contributed by atoms with Gasteiger partial charge in [0.25, 0.3) is 0 Å². The number of rotatable bonds is 4. The summed E-state index contributed by atoms with van der Waals surface area (Å²) < 4.78 is 2.14. The summed E-state index contributed by atoms with van der Waals surface area (Å²) in [5.74, 6) is 1.54. The van der Waals surface area contributed by atoms with Gasteiger partial charge in [0.2, 0.25) is 0 Å². The lowest BCUT2D eigenvalue weighted by molar-refractivity contribution is -0.0154. The zero-order chi connectivity index (χ0) is 14.9. The minimum Gasteiger partial charge on any atom is -0.389 e. The topological polar surface area (TPSA) is 38.0 Å². The van der Waals surface area contributed by atoms with Gasteiger partial charge in [0, 0.05) is 12.6 Å². The molecule has 0 aliphatic heterocycles. The molecule has 3 rings (SSSR count). The Morgan fingerprint density at radius 2 is 1.90 bits per heavy atom. The van der Waals surface area contributed by atoms with Crippen molar-refractivity contribution >= 4 is 0 Å². The maximum Gasteiger partial charge on any atom is 0.0703 e. The Morgan fingerprint density at radius 3 is 2.52 bits per heavy atom. The minimum atomic E-state index is -0.514. The van der Waals surface area contributed by atoms with Gasteiger partial charge in [0.1, 0.15) is 0 Å². The lowest BCUT2D eigenvalue weighted by Crippen LogP contribution is -2.37. The van der Waals surface area contributed by atoms with E-state index in [1.165, 1.54) is 25.7 Å². The van der Waals surface area contributed by atoms with Gasteiger partial charge >= 0.3 is 0 Å². The maximum atomic E-state index is 10.8. The molecule has 0 atom stereocenters. The van der Waals surface area contributed by atoms with Gasteiger partial charge in [-0.3, -0.25) is 4.68 Å². The molecule has 3 heteroatoms. The summed E-state index contributed by atoms with van der Waals surface area (Å²) in [6.07, 6.45) is 12.3. The van der Waals surface area contributed by atoms with Crippen molar-refractivity contribution in [2.24, 2.45) is 11.8 Å². The Kier molecular flexibility index (Phi) is 4.39. The molecule has 3 nitrogen and oxygen atoms in total. The van der Waals surface area contributed by atoms with E-state index in [1.54, 1.807) is 0 Å². The van der Waals surface area contributed by atoms with Crippen LogP contribution in [-0.4, -0.2) is 20.5 Å². The van der Waals surface area contributed by atoms with Crippen molar-refractivity contribution in [3.8, 4) is 0 Å². The van der Waals surface area contributed by atoms with Crippen molar-refractivity contribution < 1.29 is 5.11 Å². The Hall–Kier alpha value is -0.830. The largest absolute Gasteiger partial charge is 0.389 e. The van der Waals surface area contributed by atoms with Gasteiger partial charge in [-0.25, -0.2) is 0 Å². The number of hydrogen-bond donors (Lipinski definition) is 1. The Morgan fingerprint density at radius 1 is 1.24 bits per heavy atom. The SMILES string of the molecule is CC(C)C1CCC(O)(Cc2ccn(C3CCCC3)n2)CC1. The summed E-state index contributed by atoms with van der Waals surface area (Å²) >= 11 is 0. The predicted octanol–water partition coefficient (Wildman–Crippen LogP) is 4.12. The minimum absolute atomic E-state index is 0.514. The van der Waals surface area contributed by atoms with Gasteiger partial charge in [0.15, 0.2) is 0 Å². The van der Waals surface area contributed by atoms with E-state index in [0.717, 1.165) is 49.6 Å². The van der Waals surface area contributed by atoms with Crippen molar-refractivity contribution in [2.45, 2.75) is 83.3 Å². The molecule has 1 aromatic heterocycles. The summed E-state index contributed by atoms with van der Waals surface area (Å²) in [5.41, 5.74) is 0.563. The summed E-state index contributed by atoms with van der Waals surface area (Å²) in [7, 11) is 0. The third-order valence-corrected chi connectivity index (χ3v) is 5.78. The molecule has 2 saturated carbocycles. The Labute approximate surface area is 128 Å². The molecule has 1 N–H and O–H groups in total. The van der Waals surface area contributed by atoms with Crippen molar-refractivity contribution in [1.82, 2.24) is 9.78 Å². The first-order valence-corrected chi connectivity index (χ1v) is 8.82. The third-order valence-electron chi connectivity index (χ3n) is 5.78. The van der Waals surface area contributed by atoms with Gasteiger partial charge in [-0.15, -0.1) is 0 Å². The third kappa shape index (κ3) is 3.50. The van der Waals surface area contributed by atoms with Crippen LogP contribution in [0.2, 0.25) is 0 Å². The highest BCUT2D eigenvalue weighted by molar-refractivity contribution is 5.06. The standard InChI is InChI=1S/C18H30N2O/c1-14(2)15-7-10-18(21,11-8-15)13-16-9-12-20(19-16)17-5-3-4-6-17/h9,12,14-15,17,21H,3-8,10-11,13H2,1-2H3. The van der Waals surface area contributed by atoms with Gasteiger partial charge in [-0.1, -0.05) is 26.7 Å². The van der Waals surface area contributed by atoms with E-state index < -0.39 is 5.60 Å². The monoisotopic (exact) mass is 290 g/mol. The van der Waals surface area contributed by atoms with E-state index in [2.05, 4.69) is 30.8 Å². The molecule has 2 aliphatic rings. The highest BCUT2D eigenvalue weighted by Gasteiger charge is 2.34. The predicted molar refractivity (Wildman–Crippen MR) is 85.2 cm³/mol. The smallest absolute Gasteiger partial charge is 0.0703 e. The van der Waals surface area contributed by atoms with Crippen LogP contribution in [0.5, 0.6) is 0 Å². The van der Waals surface area contributed by atoms with E-state index >= 15 is 0 Å². The number of nitrogens with zero attached hydrogens (tertiary/aromatic N) is 2. The van der Waals surface area contributed by atoms with Gasteiger partial charge < -0.3 is 5.11 Å². The maximum absolute atomic E-state index is 10.8. The normalized spacial score (nSPS) is 31.1. The molecular formula is C18H30N2O. The average molecular weight is 290 g/mol. The second-order valence-electron chi connectivity index (χ2n) is 7.71. The number of aliphatic hydroxyl groups is 1. The van der Waals surface area contributed by atoms with E-state index in [1.807, 2.05) is 0 Å². The molecule has 2 aliphatic carbocycles. The molecule has 0 amide bonds. The molecule has 0 bridgehead atoms. The van der Waals surface area contributed by atoms with Crippen LogP contribution in [0.4, 0.5) is 0 Å². The molecule has 0 unspecified atom stereocenters. The molecule has 21 heavy (non-hydrogen) atoms. The molecule has 0 radical (unpaired) electrons. The fourth-order valence-electron chi connectivity index (χ4n) is 4.20. The molecule has 0 spiro atoms. The van der Waals surface area contributed by atoms with Crippen LogP contribution < -0.4 is 0 Å². The van der Waals surface area contributed by atoms with Crippen LogP contribution in [0.3, 0.4) is 0 Å². The lowest BCUT2D eigenvalue weighted by Gasteiger charge is -2.37. The first kappa shape index (κ1) is 15.1. The van der Waals surface area contributed by atoms with E-state index in [4.69, 9.17) is 5.10 Å². The quantitative estimate of drug-likeness (QED) is 0.906. The highest BCUT2D eigenvalue weighted by atomic mass is 16.3. The first-order chi connectivity index (χ1) is 10.1. The van der Waals surface area contributed by atoms with Crippen LogP contribution in [-0.2, 0) is 6.42 Å². The molecule has 118 valence electrons. The van der Waals surface area contributed by atoms with Crippen LogP contribution in [0.1, 0.15) is 76.9 Å². The number of hydrogen-bond acceptors (Lipinski definition) is 2. The molecular weight excluding hydrogens is 260 g/mol. The zero-order valence-electron chi connectivity index (χ0n) is 13.6. The van der Waals surface area contributed by atoms with Crippen LogP contribution in [0.15, 0.2) is 12.3 Å². The van der Waals surface area contributed by atoms with E-state index in [-0.39, 0.29) is 0 Å². The summed E-state index contributed by atoms with van der Waals surface area (Å²) in [6, 6.07) is 2.72. The number of aromatic nitrogens is 2. The second-order valence-corrected chi connectivity index (χ2v) is 7.71. The fraction of sp³-hybridized carbons (Fsp3) is 0.833. The van der Waals surface area contributed by atoms with Gasteiger partial charge in [-0.05, 0) is 56.4 Å². The lowest BCUT2D eigenvalue weighted by atomic mass is 9.73. The van der Waals surface area contributed by atoms with Gasteiger partial charge in [-0.2, -0.15) is 5.10 Å². The first-order valence-electron chi connectivity index (χ1n) is 8.82. The van der Waals surface area contributed by atoms with Crippen molar-refractivity contribution in [3.63, 3.8) is 0 Å². The molecule has 2 fully saturated rings. The highest BCUT2D eigenvalue weighted by Crippen LogP contribution is 2.37. The average Bonchev–Trinajstić information content (AvgIpc) is 3.09. The van der Waals surface area contributed by atoms with Crippen LogP contribution >= 0.6 is 0 Å². The zero-order valence-corrected chi connectivity index (χ0v) is 13.6. The fourth-order valence-corrected chi connectivity index (χ4v) is 4.20. The van der Waals surface area contributed by atoms with E-state index in [9.17, 15) is 5.11 Å². The van der Waals surface area contributed by atoms with Gasteiger partial charge in [0.05, 0.1) is 17.3 Å². The summed E-state index contributed by atoms with van der Waals surface area (Å²) in [6.45, 7) is 4.61. The van der Waals surface area contributed by atoms with Crippen molar-refractivity contribution in [2.75, 3.05) is 0 Å². The van der Waals surface area contributed by atoms with Crippen LogP contribution in [0.25, 0.3) is 0 Å². The Bertz CT molecular complexity index is 452. The van der Waals surface area contributed by atoms with Crippen LogP contribution in [0, 0.1) is 11.8 Å². The van der Waals surface area contributed by atoms with E-state index in [0.29, 0.717) is 6.04 Å². The summed E-state index contributed by atoms with van der Waals surface area (Å²) in [5, 5.41) is 15.6. The van der Waals surface area contributed by atoms with Crippen molar-refractivity contribution in [3.05, 3.63) is 18.0 Å². The summed E-state index contributed by atoms with van der Waals surface area (Å²) in [4.78, 5) is 0. The molecule has 1 heterocycles. The Balaban J connectivity index is 1.58. The second kappa shape index (κ2) is 6.12. The molecule has 1 aromatic rings. The molecule has 0 aromatic carbocycles. The molecule has 0 saturated heterocycles. The van der Waals surface area contributed by atoms with Crippen molar-refractivity contribution in [1.29, 1.82) is 0 Å².